The van der Waals surface area contributed by atoms with Crippen molar-refractivity contribution >= 4 is 10.0 Å². The molecule has 1 aliphatic rings. The SMILES string of the molecule is CN(C)[C@H]1CCN(S(=O)(=O)c2ccc(CN)cc2)C1. The Bertz CT molecular complexity index is 525. The second kappa shape index (κ2) is 5.58. The summed E-state index contributed by atoms with van der Waals surface area (Å²) in [4.78, 5) is 2.43. The lowest BCUT2D eigenvalue weighted by Gasteiger charge is -2.20. The standard InChI is InChI=1S/C13H21N3O2S/c1-15(2)12-7-8-16(10-12)19(17,18)13-5-3-11(9-14)4-6-13/h3-6,12H,7-10,14H2,1-2H3/t12-/m0/s1. The van der Waals surface area contributed by atoms with E-state index in [0.29, 0.717) is 30.6 Å². The van der Waals surface area contributed by atoms with Gasteiger partial charge in [-0.15, -0.1) is 0 Å². The van der Waals surface area contributed by atoms with Crippen molar-refractivity contribution in [3.05, 3.63) is 29.8 Å². The van der Waals surface area contributed by atoms with Gasteiger partial charge in [0.2, 0.25) is 10.0 Å². The number of hydrogen-bond donors (Lipinski definition) is 1. The third-order valence-electron chi connectivity index (χ3n) is 3.65. The summed E-state index contributed by atoms with van der Waals surface area (Å²) in [6.07, 6.45) is 0.882. The zero-order valence-electron chi connectivity index (χ0n) is 11.4. The van der Waals surface area contributed by atoms with Crippen molar-refractivity contribution in [2.24, 2.45) is 5.73 Å². The number of nitrogens with two attached hydrogens (primary N) is 1. The molecule has 1 aromatic carbocycles. The quantitative estimate of drug-likeness (QED) is 0.872. The van der Waals surface area contributed by atoms with Crippen LogP contribution in [0.5, 0.6) is 0 Å². The summed E-state index contributed by atoms with van der Waals surface area (Å²) < 4.78 is 26.5. The van der Waals surface area contributed by atoms with Crippen LogP contribution in [0, 0.1) is 0 Å². The third kappa shape index (κ3) is 2.97. The summed E-state index contributed by atoms with van der Waals surface area (Å²) in [5, 5.41) is 0. The van der Waals surface area contributed by atoms with Gasteiger partial charge in [-0.3, -0.25) is 0 Å². The zero-order chi connectivity index (χ0) is 14.0. The van der Waals surface area contributed by atoms with Gasteiger partial charge in [0.25, 0.3) is 0 Å². The minimum Gasteiger partial charge on any atom is -0.326 e. The van der Waals surface area contributed by atoms with E-state index in [1.54, 1.807) is 28.6 Å². The van der Waals surface area contributed by atoms with Gasteiger partial charge in [0.05, 0.1) is 4.90 Å². The van der Waals surface area contributed by atoms with E-state index >= 15 is 0 Å². The molecule has 6 heteroatoms. The van der Waals surface area contributed by atoms with E-state index in [2.05, 4.69) is 4.90 Å². The Hall–Kier alpha value is -0.950. The predicted octanol–water partition coefficient (Wildman–Crippen LogP) is 0.470. The normalized spacial score (nSPS) is 21.2. The molecule has 2 rings (SSSR count). The van der Waals surface area contributed by atoms with E-state index in [-0.39, 0.29) is 0 Å². The minimum atomic E-state index is -3.36. The fourth-order valence-electron chi connectivity index (χ4n) is 2.30. The van der Waals surface area contributed by atoms with E-state index in [1.165, 1.54) is 0 Å². The molecule has 0 saturated carbocycles. The number of nitrogens with zero attached hydrogens (tertiary/aromatic N) is 2. The van der Waals surface area contributed by atoms with Crippen LogP contribution in [0.1, 0.15) is 12.0 Å². The van der Waals surface area contributed by atoms with Crippen LogP contribution in [-0.4, -0.2) is 50.8 Å². The monoisotopic (exact) mass is 283 g/mol. The van der Waals surface area contributed by atoms with Gasteiger partial charge in [0.1, 0.15) is 0 Å². The predicted molar refractivity (Wildman–Crippen MR) is 75.2 cm³/mol. The number of sulfonamides is 1. The molecule has 0 radical (unpaired) electrons. The second-order valence-corrected chi connectivity index (χ2v) is 7.06. The Morgan fingerprint density at radius 1 is 1.32 bits per heavy atom. The molecule has 0 spiro atoms. The van der Waals surface area contributed by atoms with Gasteiger partial charge in [-0.25, -0.2) is 8.42 Å². The lowest BCUT2D eigenvalue weighted by molar-refractivity contribution is 0.302. The highest BCUT2D eigenvalue weighted by molar-refractivity contribution is 7.89. The van der Waals surface area contributed by atoms with Gasteiger partial charge in [0.15, 0.2) is 0 Å². The molecular weight excluding hydrogens is 262 g/mol. The van der Waals surface area contributed by atoms with Crippen LogP contribution in [0.25, 0.3) is 0 Å². The maximum atomic E-state index is 12.5. The Balaban J connectivity index is 2.18. The maximum Gasteiger partial charge on any atom is 0.243 e. The Morgan fingerprint density at radius 2 is 1.95 bits per heavy atom. The number of likely N-dealkylation sites (N-methyl/N-ethyl adjacent to an activating group) is 1. The van der Waals surface area contributed by atoms with Crippen LogP contribution in [0.2, 0.25) is 0 Å². The summed E-state index contributed by atoms with van der Waals surface area (Å²) in [5.74, 6) is 0. The molecule has 0 aliphatic carbocycles. The first-order valence-electron chi connectivity index (χ1n) is 6.40. The van der Waals surface area contributed by atoms with Crippen molar-refractivity contribution in [2.75, 3.05) is 27.2 Å². The average Bonchev–Trinajstić information content (AvgIpc) is 2.89. The first-order chi connectivity index (χ1) is 8.95. The van der Waals surface area contributed by atoms with Crippen LogP contribution in [-0.2, 0) is 16.6 Å². The molecule has 1 fully saturated rings. The summed E-state index contributed by atoms with van der Waals surface area (Å²) in [5.41, 5.74) is 6.45. The summed E-state index contributed by atoms with van der Waals surface area (Å²) in [7, 11) is 0.602. The van der Waals surface area contributed by atoms with Crippen LogP contribution in [0.15, 0.2) is 29.2 Å². The second-order valence-electron chi connectivity index (χ2n) is 5.12. The molecule has 106 valence electrons. The fraction of sp³-hybridized carbons (Fsp3) is 0.538. The molecule has 0 unspecified atom stereocenters. The van der Waals surface area contributed by atoms with E-state index in [1.807, 2.05) is 14.1 Å². The number of rotatable bonds is 4. The topological polar surface area (TPSA) is 66.6 Å². The van der Waals surface area contributed by atoms with Crippen molar-refractivity contribution in [1.29, 1.82) is 0 Å². The fourth-order valence-corrected chi connectivity index (χ4v) is 3.79. The molecule has 1 aliphatic heterocycles. The van der Waals surface area contributed by atoms with Crippen molar-refractivity contribution < 1.29 is 8.42 Å². The first kappa shape index (κ1) is 14.5. The van der Waals surface area contributed by atoms with Gasteiger partial charge in [0, 0.05) is 25.7 Å². The van der Waals surface area contributed by atoms with Gasteiger partial charge < -0.3 is 10.6 Å². The Kier molecular flexibility index (Phi) is 4.25. The van der Waals surface area contributed by atoms with Gasteiger partial charge in [-0.1, -0.05) is 12.1 Å². The molecule has 1 aromatic rings. The van der Waals surface area contributed by atoms with E-state index in [9.17, 15) is 8.42 Å². The zero-order valence-corrected chi connectivity index (χ0v) is 12.2. The largest absolute Gasteiger partial charge is 0.326 e. The van der Waals surface area contributed by atoms with E-state index in [0.717, 1.165) is 12.0 Å². The van der Waals surface area contributed by atoms with Crippen molar-refractivity contribution in [1.82, 2.24) is 9.21 Å². The van der Waals surface area contributed by atoms with E-state index < -0.39 is 10.0 Å². The van der Waals surface area contributed by atoms with Crippen molar-refractivity contribution in [3.63, 3.8) is 0 Å². The van der Waals surface area contributed by atoms with Crippen LogP contribution < -0.4 is 5.73 Å². The summed E-state index contributed by atoms with van der Waals surface area (Å²) in [6, 6.07) is 7.12. The van der Waals surface area contributed by atoms with Gasteiger partial charge in [-0.2, -0.15) is 4.31 Å². The average molecular weight is 283 g/mol. The molecule has 1 atom stereocenters. The summed E-state index contributed by atoms with van der Waals surface area (Å²) >= 11 is 0. The van der Waals surface area contributed by atoms with Crippen molar-refractivity contribution in [2.45, 2.75) is 23.9 Å². The van der Waals surface area contributed by atoms with Crippen LogP contribution in [0.4, 0.5) is 0 Å². The highest BCUT2D eigenvalue weighted by atomic mass is 32.2. The Morgan fingerprint density at radius 3 is 2.42 bits per heavy atom. The summed E-state index contributed by atoms with van der Waals surface area (Å²) in [6.45, 7) is 1.57. The molecule has 0 amide bonds. The van der Waals surface area contributed by atoms with Gasteiger partial charge >= 0.3 is 0 Å². The molecular formula is C13H21N3O2S. The first-order valence-corrected chi connectivity index (χ1v) is 7.84. The molecule has 1 heterocycles. The minimum absolute atomic E-state index is 0.304. The molecule has 1 saturated heterocycles. The third-order valence-corrected chi connectivity index (χ3v) is 5.53. The van der Waals surface area contributed by atoms with Crippen LogP contribution in [0.3, 0.4) is 0 Å². The maximum absolute atomic E-state index is 12.5. The van der Waals surface area contributed by atoms with E-state index in [4.69, 9.17) is 5.73 Å². The van der Waals surface area contributed by atoms with Gasteiger partial charge in [-0.05, 0) is 38.2 Å². The lowest BCUT2D eigenvalue weighted by Crippen LogP contribution is -2.34. The molecule has 0 aromatic heterocycles. The number of hydrogen-bond acceptors (Lipinski definition) is 4. The number of benzene rings is 1. The highest BCUT2D eigenvalue weighted by Crippen LogP contribution is 2.22. The molecule has 19 heavy (non-hydrogen) atoms. The Labute approximate surface area is 115 Å². The van der Waals surface area contributed by atoms with Crippen molar-refractivity contribution in [3.8, 4) is 0 Å². The lowest BCUT2D eigenvalue weighted by atomic mass is 10.2. The molecule has 5 nitrogen and oxygen atoms in total. The molecule has 0 bridgehead atoms. The molecule has 2 N–H and O–H groups in total. The van der Waals surface area contributed by atoms with Crippen LogP contribution >= 0.6 is 0 Å². The highest BCUT2D eigenvalue weighted by Gasteiger charge is 2.33. The smallest absolute Gasteiger partial charge is 0.243 e.